The van der Waals surface area contributed by atoms with Gasteiger partial charge < -0.3 is 9.73 Å². The van der Waals surface area contributed by atoms with E-state index in [0.717, 1.165) is 23.0 Å². The molecular weight excluding hydrogens is 272 g/mol. The van der Waals surface area contributed by atoms with Crippen LogP contribution in [0.1, 0.15) is 61.5 Å². The minimum absolute atomic E-state index is 0.456. The number of hydrogen-bond donors (Lipinski definition) is 1. The normalized spacial score (nSPS) is 16.4. The molecule has 2 aromatic rings. The summed E-state index contributed by atoms with van der Waals surface area (Å²) in [6, 6.07) is 0.511. The third kappa shape index (κ3) is 3.17. The maximum absolute atomic E-state index is 5.72. The smallest absolute Gasteiger partial charge is 0.315 e. The van der Waals surface area contributed by atoms with Crippen LogP contribution in [0.2, 0.25) is 0 Å². The molecule has 0 radical (unpaired) electrons. The van der Waals surface area contributed by atoms with Gasteiger partial charge in [-0.2, -0.15) is 0 Å². The molecular formula is C14H20N4OS. The van der Waals surface area contributed by atoms with E-state index in [1.165, 1.54) is 32.1 Å². The van der Waals surface area contributed by atoms with E-state index < -0.39 is 0 Å². The standard InChI is InChI=1S/C14H20N4OS/c1-2-12-16-11(9-20-12)8-15-14-18-17-13(19-14)10-6-4-3-5-7-10/h9-10H,2-8H2,1H3,(H,15,18). The van der Waals surface area contributed by atoms with E-state index in [-0.39, 0.29) is 0 Å². The highest BCUT2D eigenvalue weighted by Crippen LogP contribution is 2.32. The van der Waals surface area contributed by atoms with Gasteiger partial charge in [-0.15, -0.1) is 16.4 Å². The average molecular weight is 292 g/mol. The summed E-state index contributed by atoms with van der Waals surface area (Å²) < 4.78 is 5.72. The van der Waals surface area contributed by atoms with Crippen LogP contribution in [0.5, 0.6) is 0 Å². The van der Waals surface area contributed by atoms with E-state index >= 15 is 0 Å². The van der Waals surface area contributed by atoms with Crippen molar-refractivity contribution in [2.24, 2.45) is 0 Å². The van der Waals surface area contributed by atoms with Crippen LogP contribution in [0.15, 0.2) is 9.80 Å². The molecule has 1 saturated carbocycles. The number of thiazole rings is 1. The number of hydrogen-bond acceptors (Lipinski definition) is 6. The lowest BCUT2D eigenvalue weighted by molar-refractivity contribution is 0.367. The van der Waals surface area contributed by atoms with Crippen LogP contribution in [0.3, 0.4) is 0 Å². The molecule has 0 saturated heterocycles. The van der Waals surface area contributed by atoms with Crippen molar-refractivity contribution in [3.8, 4) is 0 Å². The third-order valence-corrected chi connectivity index (χ3v) is 4.76. The zero-order valence-electron chi connectivity index (χ0n) is 11.8. The van der Waals surface area contributed by atoms with Crippen molar-refractivity contribution in [2.75, 3.05) is 5.32 Å². The molecule has 3 rings (SSSR count). The predicted molar refractivity (Wildman–Crippen MR) is 78.9 cm³/mol. The van der Waals surface area contributed by atoms with Crippen LogP contribution in [0.25, 0.3) is 0 Å². The van der Waals surface area contributed by atoms with Gasteiger partial charge in [-0.05, 0) is 19.3 Å². The molecule has 2 aromatic heterocycles. The Bertz CT molecular complexity index is 545. The lowest BCUT2D eigenvalue weighted by atomic mass is 9.89. The summed E-state index contributed by atoms with van der Waals surface area (Å²) in [6.07, 6.45) is 7.21. The fourth-order valence-corrected chi connectivity index (χ4v) is 3.32. The zero-order chi connectivity index (χ0) is 13.8. The molecule has 5 nitrogen and oxygen atoms in total. The Labute approximate surface area is 122 Å². The van der Waals surface area contributed by atoms with Gasteiger partial charge in [0.15, 0.2) is 0 Å². The first-order valence-corrected chi connectivity index (χ1v) is 8.23. The molecule has 0 bridgehead atoms. The SMILES string of the molecule is CCc1nc(CNc2nnc(C3CCCCC3)o2)cs1. The Morgan fingerprint density at radius 3 is 2.90 bits per heavy atom. The van der Waals surface area contributed by atoms with Gasteiger partial charge in [0.1, 0.15) is 0 Å². The first-order chi connectivity index (χ1) is 9.85. The molecule has 6 heteroatoms. The van der Waals surface area contributed by atoms with Crippen molar-refractivity contribution in [2.45, 2.75) is 57.9 Å². The second kappa shape index (κ2) is 6.35. The van der Waals surface area contributed by atoms with E-state index in [1.54, 1.807) is 11.3 Å². The third-order valence-electron chi connectivity index (χ3n) is 3.72. The fraction of sp³-hybridized carbons (Fsp3) is 0.643. The number of aromatic nitrogens is 3. The topological polar surface area (TPSA) is 63.8 Å². The number of nitrogens with one attached hydrogen (secondary N) is 1. The second-order valence-electron chi connectivity index (χ2n) is 5.22. The van der Waals surface area contributed by atoms with Crippen molar-refractivity contribution in [3.63, 3.8) is 0 Å². The van der Waals surface area contributed by atoms with Gasteiger partial charge in [-0.3, -0.25) is 0 Å². The Hall–Kier alpha value is -1.43. The number of aryl methyl sites for hydroxylation is 1. The molecule has 2 heterocycles. The first kappa shape index (κ1) is 13.5. The van der Waals surface area contributed by atoms with E-state index in [4.69, 9.17) is 4.42 Å². The van der Waals surface area contributed by atoms with Crippen LogP contribution in [-0.4, -0.2) is 15.2 Å². The van der Waals surface area contributed by atoms with Crippen molar-refractivity contribution < 1.29 is 4.42 Å². The zero-order valence-corrected chi connectivity index (χ0v) is 12.6. The predicted octanol–water partition coefficient (Wildman–Crippen LogP) is 3.75. The van der Waals surface area contributed by atoms with E-state index in [2.05, 4.69) is 32.8 Å². The quantitative estimate of drug-likeness (QED) is 0.909. The van der Waals surface area contributed by atoms with Gasteiger partial charge in [-0.25, -0.2) is 4.98 Å². The van der Waals surface area contributed by atoms with E-state index in [9.17, 15) is 0 Å². The van der Waals surface area contributed by atoms with Gasteiger partial charge in [-0.1, -0.05) is 31.3 Å². The molecule has 0 amide bonds. The largest absolute Gasteiger partial charge is 0.408 e. The monoisotopic (exact) mass is 292 g/mol. The molecule has 1 aliphatic carbocycles. The summed E-state index contributed by atoms with van der Waals surface area (Å²) in [5, 5.41) is 14.7. The van der Waals surface area contributed by atoms with E-state index in [1.807, 2.05) is 0 Å². The Morgan fingerprint density at radius 2 is 2.15 bits per heavy atom. The van der Waals surface area contributed by atoms with Crippen LogP contribution >= 0.6 is 11.3 Å². The van der Waals surface area contributed by atoms with Gasteiger partial charge >= 0.3 is 6.01 Å². The summed E-state index contributed by atoms with van der Waals surface area (Å²) in [4.78, 5) is 4.51. The maximum Gasteiger partial charge on any atom is 0.315 e. The summed E-state index contributed by atoms with van der Waals surface area (Å²) in [5.41, 5.74) is 1.03. The minimum atomic E-state index is 0.456. The second-order valence-corrected chi connectivity index (χ2v) is 6.16. The molecule has 1 aliphatic rings. The fourth-order valence-electron chi connectivity index (χ4n) is 2.58. The van der Waals surface area contributed by atoms with Crippen LogP contribution in [0.4, 0.5) is 6.01 Å². The first-order valence-electron chi connectivity index (χ1n) is 7.35. The van der Waals surface area contributed by atoms with Crippen LogP contribution < -0.4 is 5.32 Å². The number of nitrogens with zero attached hydrogens (tertiary/aromatic N) is 3. The summed E-state index contributed by atoms with van der Waals surface area (Å²) >= 11 is 1.69. The van der Waals surface area contributed by atoms with Crippen LogP contribution in [0, 0.1) is 0 Å². The molecule has 20 heavy (non-hydrogen) atoms. The molecule has 0 atom stereocenters. The highest BCUT2D eigenvalue weighted by atomic mass is 32.1. The minimum Gasteiger partial charge on any atom is -0.408 e. The number of rotatable bonds is 5. The Morgan fingerprint density at radius 1 is 1.30 bits per heavy atom. The van der Waals surface area contributed by atoms with Crippen molar-refractivity contribution in [1.29, 1.82) is 0 Å². The van der Waals surface area contributed by atoms with Crippen molar-refractivity contribution in [3.05, 3.63) is 22.0 Å². The molecule has 1 N–H and O–H groups in total. The summed E-state index contributed by atoms with van der Waals surface area (Å²) in [6.45, 7) is 2.76. The lowest BCUT2D eigenvalue weighted by Crippen LogP contribution is -2.04. The number of anilines is 1. The molecule has 108 valence electrons. The molecule has 0 aromatic carbocycles. The summed E-state index contributed by atoms with van der Waals surface area (Å²) in [5.74, 6) is 1.25. The highest BCUT2D eigenvalue weighted by Gasteiger charge is 2.21. The molecule has 0 unspecified atom stereocenters. The molecule has 1 fully saturated rings. The Kier molecular flexibility index (Phi) is 4.30. The van der Waals surface area contributed by atoms with E-state index in [0.29, 0.717) is 18.5 Å². The molecule has 0 aliphatic heterocycles. The lowest BCUT2D eigenvalue weighted by Gasteiger charge is -2.17. The average Bonchev–Trinajstić information content (AvgIpc) is 3.15. The van der Waals surface area contributed by atoms with Crippen molar-refractivity contribution in [1.82, 2.24) is 15.2 Å². The van der Waals surface area contributed by atoms with Gasteiger partial charge in [0.05, 0.1) is 17.2 Å². The maximum atomic E-state index is 5.72. The Balaban J connectivity index is 1.56. The highest BCUT2D eigenvalue weighted by molar-refractivity contribution is 7.09. The van der Waals surface area contributed by atoms with Crippen LogP contribution in [-0.2, 0) is 13.0 Å². The van der Waals surface area contributed by atoms with Crippen molar-refractivity contribution >= 4 is 17.4 Å². The molecule has 0 spiro atoms. The summed E-state index contributed by atoms with van der Waals surface area (Å²) in [7, 11) is 0. The van der Waals surface area contributed by atoms with Gasteiger partial charge in [0.2, 0.25) is 5.89 Å². The van der Waals surface area contributed by atoms with Gasteiger partial charge in [0, 0.05) is 11.3 Å². The van der Waals surface area contributed by atoms with Gasteiger partial charge in [0.25, 0.3) is 0 Å².